The third kappa shape index (κ3) is 3.89. The van der Waals surface area contributed by atoms with E-state index in [1.807, 2.05) is 23.2 Å². The summed E-state index contributed by atoms with van der Waals surface area (Å²) in [5.41, 5.74) is 3.74. The van der Waals surface area contributed by atoms with Crippen LogP contribution in [0, 0.1) is 0 Å². The molecular formula is C23H17BrF3NO2. The Labute approximate surface area is 179 Å². The predicted molar refractivity (Wildman–Crippen MR) is 114 cm³/mol. The molecule has 0 bridgehead atoms. The second kappa shape index (κ2) is 7.72. The van der Waals surface area contributed by atoms with E-state index in [9.17, 15) is 23.4 Å². The fourth-order valence-electron chi connectivity index (χ4n) is 3.49. The van der Waals surface area contributed by atoms with Crippen LogP contribution in [-0.4, -0.2) is 10.2 Å². The lowest BCUT2D eigenvalue weighted by Gasteiger charge is -2.30. The Balaban J connectivity index is 1.81. The van der Waals surface area contributed by atoms with Crippen molar-refractivity contribution in [3.63, 3.8) is 0 Å². The number of alkyl halides is 4. The second-order valence-corrected chi connectivity index (χ2v) is 7.59. The molecule has 1 aliphatic rings. The first kappa shape index (κ1) is 20.3. The average Bonchev–Trinajstić information content (AvgIpc) is 2.72. The van der Waals surface area contributed by atoms with Gasteiger partial charge in [-0.1, -0.05) is 40.2 Å². The van der Waals surface area contributed by atoms with Crippen LogP contribution >= 0.6 is 15.9 Å². The molecule has 0 radical (unpaired) electrons. The van der Waals surface area contributed by atoms with Gasteiger partial charge in [-0.15, -0.1) is 0 Å². The molecule has 0 unspecified atom stereocenters. The normalized spacial score (nSPS) is 13.7. The van der Waals surface area contributed by atoms with Crippen LogP contribution in [0.5, 0.6) is 11.5 Å². The van der Waals surface area contributed by atoms with Gasteiger partial charge in [-0.25, -0.2) is 0 Å². The molecule has 1 heterocycles. The molecule has 0 amide bonds. The maximum atomic E-state index is 13.0. The summed E-state index contributed by atoms with van der Waals surface area (Å²) < 4.78 is 38.9. The Hall–Kier alpha value is -2.93. The summed E-state index contributed by atoms with van der Waals surface area (Å²) >= 11 is 3.33. The fraction of sp³-hybridized carbons (Fsp3) is 0.130. The van der Waals surface area contributed by atoms with Gasteiger partial charge in [0.15, 0.2) is 0 Å². The number of aromatic hydroxyl groups is 2. The summed E-state index contributed by atoms with van der Waals surface area (Å²) in [7, 11) is 0. The largest absolute Gasteiger partial charge is 0.508 e. The zero-order valence-electron chi connectivity index (χ0n) is 15.6. The minimum Gasteiger partial charge on any atom is -0.508 e. The Morgan fingerprint density at radius 3 is 2.30 bits per heavy atom. The molecule has 0 aromatic heterocycles. The SMILES string of the molecule is Oc1ccc2c(c1)C(c1ccc(C(F)(F)F)cc1)=CN(c1ccc(CBr)c(O)c1)C2. The maximum absolute atomic E-state index is 13.0. The number of fused-ring (bicyclic) bond motifs is 1. The van der Waals surface area contributed by atoms with Crippen molar-refractivity contribution >= 4 is 27.2 Å². The minimum absolute atomic E-state index is 0.0827. The first-order valence-corrected chi connectivity index (χ1v) is 10.2. The van der Waals surface area contributed by atoms with Crippen molar-refractivity contribution in [3.05, 3.63) is 94.7 Å². The molecule has 0 fully saturated rings. The van der Waals surface area contributed by atoms with E-state index in [4.69, 9.17) is 0 Å². The third-order valence-electron chi connectivity index (χ3n) is 5.08. The first-order chi connectivity index (χ1) is 14.3. The lowest BCUT2D eigenvalue weighted by molar-refractivity contribution is -0.137. The van der Waals surface area contributed by atoms with Crippen LogP contribution in [0.1, 0.15) is 27.8 Å². The molecular weight excluding hydrogens is 459 g/mol. The number of halogens is 4. The quantitative estimate of drug-likeness (QED) is 0.429. The van der Waals surface area contributed by atoms with E-state index in [0.717, 1.165) is 34.5 Å². The molecule has 3 aromatic rings. The highest BCUT2D eigenvalue weighted by Gasteiger charge is 2.30. The number of anilines is 1. The molecule has 30 heavy (non-hydrogen) atoms. The van der Waals surface area contributed by atoms with Crippen LogP contribution in [0.4, 0.5) is 18.9 Å². The highest BCUT2D eigenvalue weighted by atomic mass is 79.9. The van der Waals surface area contributed by atoms with Crippen LogP contribution in [0.2, 0.25) is 0 Å². The highest BCUT2D eigenvalue weighted by molar-refractivity contribution is 9.08. The second-order valence-electron chi connectivity index (χ2n) is 7.03. The fourth-order valence-corrected chi connectivity index (χ4v) is 3.96. The van der Waals surface area contributed by atoms with Gasteiger partial charge in [0, 0.05) is 41.0 Å². The van der Waals surface area contributed by atoms with Gasteiger partial charge < -0.3 is 15.1 Å². The van der Waals surface area contributed by atoms with E-state index in [1.165, 1.54) is 12.1 Å². The Morgan fingerprint density at radius 2 is 1.67 bits per heavy atom. The van der Waals surface area contributed by atoms with E-state index in [1.54, 1.807) is 24.3 Å². The van der Waals surface area contributed by atoms with Crippen LogP contribution in [0.25, 0.3) is 5.57 Å². The summed E-state index contributed by atoms with van der Waals surface area (Å²) in [6, 6.07) is 15.3. The molecule has 4 rings (SSSR count). The molecule has 3 nitrogen and oxygen atoms in total. The number of hydrogen-bond acceptors (Lipinski definition) is 3. The van der Waals surface area contributed by atoms with Crippen LogP contribution in [-0.2, 0) is 18.1 Å². The summed E-state index contributed by atoms with van der Waals surface area (Å²) in [4.78, 5) is 1.92. The molecule has 154 valence electrons. The molecule has 7 heteroatoms. The summed E-state index contributed by atoms with van der Waals surface area (Å²) in [5.74, 6) is 0.240. The molecule has 0 atom stereocenters. The van der Waals surface area contributed by atoms with Gasteiger partial charge in [0.25, 0.3) is 0 Å². The van der Waals surface area contributed by atoms with Crippen molar-refractivity contribution in [1.29, 1.82) is 0 Å². The molecule has 0 saturated heterocycles. The Bertz CT molecular complexity index is 1120. The number of hydrogen-bond donors (Lipinski definition) is 2. The van der Waals surface area contributed by atoms with Gasteiger partial charge in [0.05, 0.1) is 5.56 Å². The van der Waals surface area contributed by atoms with Gasteiger partial charge in [-0.05, 0) is 47.0 Å². The topological polar surface area (TPSA) is 43.7 Å². The summed E-state index contributed by atoms with van der Waals surface area (Å²) in [6.45, 7) is 0.493. The van der Waals surface area contributed by atoms with Crippen molar-refractivity contribution < 1.29 is 23.4 Å². The van der Waals surface area contributed by atoms with Crippen LogP contribution in [0.3, 0.4) is 0 Å². The van der Waals surface area contributed by atoms with E-state index in [0.29, 0.717) is 23.0 Å². The smallest absolute Gasteiger partial charge is 0.416 e. The summed E-state index contributed by atoms with van der Waals surface area (Å²) in [6.07, 6.45) is -2.58. The van der Waals surface area contributed by atoms with Gasteiger partial charge in [0.1, 0.15) is 11.5 Å². The zero-order valence-corrected chi connectivity index (χ0v) is 17.2. The van der Waals surface area contributed by atoms with E-state index in [2.05, 4.69) is 15.9 Å². The molecule has 2 N–H and O–H groups in total. The van der Waals surface area contributed by atoms with E-state index < -0.39 is 11.7 Å². The standard InChI is InChI=1S/C23H17BrF3NO2/c24-11-15-3-7-18(9-22(15)30)28-12-16-4-8-19(29)10-20(16)21(13-28)14-1-5-17(6-2-14)23(25,26)27/h1-10,13,29-30H,11-12H2. The van der Waals surface area contributed by atoms with Crippen molar-refractivity contribution in [3.8, 4) is 11.5 Å². The maximum Gasteiger partial charge on any atom is 0.416 e. The highest BCUT2D eigenvalue weighted by Crippen LogP contribution is 2.38. The lowest BCUT2D eigenvalue weighted by Crippen LogP contribution is -2.21. The Kier molecular flexibility index (Phi) is 5.24. The van der Waals surface area contributed by atoms with Gasteiger partial charge >= 0.3 is 6.18 Å². The van der Waals surface area contributed by atoms with Gasteiger partial charge in [-0.3, -0.25) is 0 Å². The van der Waals surface area contributed by atoms with Gasteiger partial charge in [0.2, 0.25) is 0 Å². The number of rotatable bonds is 3. The third-order valence-corrected chi connectivity index (χ3v) is 5.68. The molecule has 0 aliphatic carbocycles. The van der Waals surface area contributed by atoms with Crippen LogP contribution < -0.4 is 4.90 Å². The van der Waals surface area contributed by atoms with Crippen molar-refractivity contribution in [2.45, 2.75) is 18.1 Å². The molecule has 3 aromatic carbocycles. The Morgan fingerprint density at radius 1 is 0.933 bits per heavy atom. The zero-order chi connectivity index (χ0) is 21.5. The monoisotopic (exact) mass is 475 g/mol. The number of phenolic OH excluding ortho intramolecular Hbond substituents is 2. The van der Waals surface area contributed by atoms with Crippen molar-refractivity contribution in [2.75, 3.05) is 4.90 Å². The van der Waals surface area contributed by atoms with Gasteiger partial charge in [-0.2, -0.15) is 13.2 Å². The molecule has 0 spiro atoms. The number of nitrogens with zero attached hydrogens (tertiary/aromatic N) is 1. The lowest BCUT2D eigenvalue weighted by atomic mass is 9.91. The van der Waals surface area contributed by atoms with E-state index in [-0.39, 0.29) is 11.5 Å². The van der Waals surface area contributed by atoms with Crippen molar-refractivity contribution in [2.24, 2.45) is 0 Å². The molecule has 0 saturated carbocycles. The minimum atomic E-state index is -4.41. The predicted octanol–water partition coefficient (Wildman–Crippen LogP) is 6.42. The average molecular weight is 476 g/mol. The van der Waals surface area contributed by atoms with Crippen LogP contribution in [0.15, 0.2) is 66.9 Å². The van der Waals surface area contributed by atoms with E-state index >= 15 is 0 Å². The number of benzene rings is 3. The summed E-state index contributed by atoms with van der Waals surface area (Å²) in [5, 5.41) is 20.7. The number of phenols is 2. The van der Waals surface area contributed by atoms with Crippen molar-refractivity contribution in [1.82, 2.24) is 0 Å². The molecule has 1 aliphatic heterocycles. The first-order valence-electron chi connectivity index (χ1n) is 9.12.